The largest absolute Gasteiger partial charge is 0.387 e. The van der Waals surface area contributed by atoms with Crippen molar-refractivity contribution in [3.8, 4) is 11.3 Å². The van der Waals surface area contributed by atoms with Crippen LogP contribution < -0.4 is 5.32 Å². The van der Waals surface area contributed by atoms with Crippen molar-refractivity contribution in [1.29, 1.82) is 0 Å². The summed E-state index contributed by atoms with van der Waals surface area (Å²) < 4.78 is 0. The zero-order chi connectivity index (χ0) is 17.9. The molecule has 26 heavy (non-hydrogen) atoms. The number of fused-ring (bicyclic) bond motifs is 1. The Labute approximate surface area is 151 Å². The first-order valence-electron chi connectivity index (χ1n) is 8.47. The molecule has 0 amide bonds. The fourth-order valence-electron chi connectivity index (χ4n) is 2.87. The summed E-state index contributed by atoms with van der Waals surface area (Å²) in [6, 6.07) is 13.6. The molecule has 0 radical (unpaired) electrons. The molecule has 0 aliphatic heterocycles. The van der Waals surface area contributed by atoms with E-state index in [1.54, 1.807) is 13.1 Å². The Hall–Kier alpha value is -3.25. The highest BCUT2D eigenvalue weighted by atomic mass is 16.3. The van der Waals surface area contributed by atoms with Gasteiger partial charge in [0.25, 0.3) is 0 Å². The number of aliphatic hydroxyl groups excluding tert-OH is 1. The second-order valence-corrected chi connectivity index (χ2v) is 6.13. The van der Waals surface area contributed by atoms with E-state index in [4.69, 9.17) is 0 Å². The van der Waals surface area contributed by atoms with Crippen LogP contribution in [0.25, 0.3) is 22.3 Å². The number of aromatic nitrogens is 4. The van der Waals surface area contributed by atoms with Crippen LogP contribution in [0.15, 0.2) is 61.1 Å². The minimum absolute atomic E-state index is 0.610. The molecule has 0 bridgehead atoms. The van der Waals surface area contributed by atoms with E-state index in [0.717, 1.165) is 33.7 Å². The Morgan fingerprint density at radius 2 is 2.08 bits per heavy atom. The van der Waals surface area contributed by atoms with Crippen molar-refractivity contribution in [2.75, 3.05) is 5.32 Å². The summed E-state index contributed by atoms with van der Waals surface area (Å²) in [5, 5.41) is 14.2. The van der Waals surface area contributed by atoms with Crippen molar-refractivity contribution < 1.29 is 5.11 Å². The van der Waals surface area contributed by atoms with Gasteiger partial charge in [-0.2, -0.15) is 0 Å². The van der Waals surface area contributed by atoms with Gasteiger partial charge >= 0.3 is 0 Å². The van der Waals surface area contributed by atoms with E-state index in [0.29, 0.717) is 12.2 Å². The molecular formula is C20H19N5O. The molecule has 0 saturated heterocycles. The van der Waals surface area contributed by atoms with Gasteiger partial charge in [0.1, 0.15) is 11.5 Å². The summed E-state index contributed by atoms with van der Waals surface area (Å²) in [7, 11) is 0. The van der Waals surface area contributed by atoms with Crippen LogP contribution in [-0.4, -0.2) is 25.0 Å². The van der Waals surface area contributed by atoms with Gasteiger partial charge in [-0.05, 0) is 42.8 Å². The maximum atomic E-state index is 9.83. The molecule has 0 aliphatic carbocycles. The molecule has 0 aromatic carbocycles. The molecule has 0 fully saturated rings. The number of hydrogen-bond acceptors (Lipinski definition) is 5. The Morgan fingerprint density at radius 1 is 1.15 bits per heavy atom. The van der Waals surface area contributed by atoms with Gasteiger partial charge in [0.15, 0.2) is 0 Å². The standard InChI is InChI=1S/C20H19N5O/c1-13(26)17-5-2-6-18(24-17)16-10-19(25-20-15(16)7-9-22-20)23-12-14-4-3-8-21-11-14/h2-11,13,26H,12H2,1H3,(H2,22,23,25)/t13-/m1/s1. The van der Waals surface area contributed by atoms with Crippen LogP contribution in [0, 0.1) is 0 Å². The first-order valence-corrected chi connectivity index (χ1v) is 8.47. The van der Waals surface area contributed by atoms with Crippen molar-refractivity contribution in [1.82, 2.24) is 19.9 Å². The molecule has 4 heterocycles. The molecule has 0 unspecified atom stereocenters. The highest BCUT2D eigenvalue weighted by Crippen LogP contribution is 2.29. The van der Waals surface area contributed by atoms with Gasteiger partial charge < -0.3 is 15.4 Å². The monoisotopic (exact) mass is 345 g/mol. The molecule has 6 heteroatoms. The van der Waals surface area contributed by atoms with E-state index in [9.17, 15) is 5.11 Å². The Kier molecular flexibility index (Phi) is 4.33. The first-order chi connectivity index (χ1) is 12.7. The third-order valence-electron chi connectivity index (χ3n) is 4.20. The molecule has 130 valence electrons. The molecule has 0 spiro atoms. The number of rotatable bonds is 5. The molecule has 0 aliphatic rings. The lowest BCUT2D eigenvalue weighted by Gasteiger charge is -2.11. The SMILES string of the molecule is C[C@@H](O)c1cccc(-c2cc(NCc3cccnc3)nc3[nH]ccc23)n1. The summed E-state index contributed by atoms with van der Waals surface area (Å²) in [6.45, 7) is 2.35. The lowest BCUT2D eigenvalue weighted by atomic mass is 10.1. The predicted octanol–water partition coefficient (Wildman–Crippen LogP) is 3.69. The van der Waals surface area contributed by atoms with Crippen LogP contribution in [-0.2, 0) is 6.54 Å². The van der Waals surface area contributed by atoms with E-state index >= 15 is 0 Å². The fourth-order valence-corrected chi connectivity index (χ4v) is 2.87. The fraction of sp³-hybridized carbons (Fsp3) is 0.150. The third kappa shape index (κ3) is 3.27. The molecule has 4 rings (SSSR count). The second-order valence-electron chi connectivity index (χ2n) is 6.13. The van der Waals surface area contributed by atoms with Crippen LogP contribution in [0.3, 0.4) is 0 Å². The number of anilines is 1. The summed E-state index contributed by atoms with van der Waals surface area (Å²) in [5.74, 6) is 0.753. The molecule has 4 aromatic rings. The number of nitrogens with one attached hydrogen (secondary N) is 2. The quantitative estimate of drug-likeness (QED) is 0.513. The van der Waals surface area contributed by atoms with E-state index < -0.39 is 6.10 Å². The summed E-state index contributed by atoms with van der Waals surface area (Å²) >= 11 is 0. The van der Waals surface area contributed by atoms with Crippen molar-refractivity contribution in [3.05, 3.63) is 72.3 Å². The highest BCUT2D eigenvalue weighted by molar-refractivity contribution is 5.93. The molecule has 1 atom stereocenters. The Morgan fingerprint density at radius 3 is 2.88 bits per heavy atom. The minimum atomic E-state index is -0.610. The zero-order valence-electron chi connectivity index (χ0n) is 14.3. The molecular weight excluding hydrogens is 326 g/mol. The molecule has 4 aromatic heterocycles. The maximum absolute atomic E-state index is 9.83. The van der Waals surface area contributed by atoms with Crippen LogP contribution in [0.1, 0.15) is 24.3 Å². The van der Waals surface area contributed by atoms with Crippen molar-refractivity contribution in [2.24, 2.45) is 0 Å². The number of aromatic amines is 1. The Balaban J connectivity index is 1.72. The lowest BCUT2D eigenvalue weighted by molar-refractivity contribution is 0.194. The van der Waals surface area contributed by atoms with Gasteiger partial charge in [-0.15, -0.1) is 0 Å². The summed E-state index contributed by atoms with van der Waals surface area (Å²) in [4.78, 5) is 16.5. The lowest BCUT2D eigenvalue weighted by Crippen LogP contribution is -2.03. The van der Waals surface area contributed by atoms with E-state index in [-0.39, 0.29) is 0 Å². The number of pyridine rings is 3. The molecule has 0 saturated carbocycles. The summed E-state index contributed by atoms with van der Waals surface area (Å²) in [5.41, 5.74) is 4.29. The van der Waals surface area contributed by atoms with Crippen molar-refractivity contribution in [2.45, 2.75) is 19.6 Å². The van der Waals surface area contributed by atoms with Gasteiger partial charge in [-0.3, -0.25) is 9.97 Å². The van der Waals surface area contributed by atoms with E-state index in [1.807, 2.05) is 54.9 Å². The summed E-state index contributed by atoms with van der Waals surface area (Å²) in [6.07, 6.45) is 4.84. The number of H-pyrrole nitrogens is 1. The zero-order valence-corrected chi connectivity index (χ0v) is 14.3. The predicted molar refractivity (Wildman–Crippen MR) is 102 cm³/mol. The number of aliphatic hydroxyl groups is 1. The smallest absolute Gasteiger partial charge is 0.140 e. The van der Waals surface area contributed by atoms with Gasteiger partial charge in [0.2, 0.25) is 0 Å². The van der Waals surface area contributed by atoms with E-state index in [1.165, 1.54) is 0 Å². The van der Waals surface area contributed by atoms with Gasteiger partial charge in [0.05, 0.1) is 17.5 Å². The van der Waals surface area contributed by atoms with Crippen molar-refractivity contribution >= 4 is 16.9 Å². The molecule has 3 N–H and O–H groups in total. The third-order valence-corrected chi connectivity index (χ3v) is 4.20. The van der Waals surface area contributed by atoms with Gasteiger partial charge in [-0.1, -0.05) is 12.1 Å². The topological polar surface area (TPSA) is 86.7 Å². The minimum Gasteiger partial charge on any atom is -0.387 e. The highest BCUT2D eigenvalue weighted by Gasteiger charge is 2.12. The van der Waals surface area contributed by atoms with Gasteiger partial charge in [-0.25, -0.2) is 4.98 Å². The number of nitrogens with zero attached hydrogens (tertiary/aromatic N) is 3. The number of hydrogen-bond donors (Lipinski definition) is 3. The van der Waals surface area contributed by atoms with Crippen LogP contribution >= 0.6 is 0 Å². The van der Waals surface area contributed by atoms with Crippen LogP contribution in [0.2, 0.25) is 0 Å². The average Bonchev–Trinajstić information content (AvgIpc) is 3.15. The van der Waals surface area contributed by atoms with Crippen molar-refractivity contribution in [3.63, 3.8) is 0 Å². The van der Waals surface area contributed by atoms with Crippen LogP contribution in [0.5, 0.6) is 0 Å². The first kappa shape index (κ1) is 16.2. The van der Waals surface area contributed by atoms with E-state index in [2.05, 4.69) is 25.3 Å². The maximum Gasteiger partial charge on any atom is 0.140 e. The normalized spacial score (nSPS) is 12.2. The Bertz CT molecular complexity index is 1030. The second kappa shape index (κ2) is 6.93. The molecule has 6 nitrogen and oxygen atoms in total. The van der Waals surface area contributed by atoms with Gasteiger partial charge in [0, 0.05) is 36.1 Å². The van der Waals surface area contributed by atoms with Crippen LogP contribution in [0.4, 0.5) is 5.82 Å². The average molecular weight is 345 g/mol.